The molecule has 0 saturated carbocycles. The molecule has 0 radical (unpaired) electrons. The van der Waals surface area contributed by atoms with Gasteiger partial charge in [0.15, 0.2) is 0 Å². The lowest BCUT2D eigenvalue weighted by molar-refractivity contribution is 0.0527. The van der Waals surface area contributed by atoms with Gasteiger partial charge in [-0.3, -0.25) is 0 Å². The lowest BCUT2D eigenvalue weighted by Gasteiger charge is -2.11. The molecule has 0 aliphatic heterocycles. The maximum absolute atomic E-state index is 11.8. The van der Waals surface area contributed by atoms with Gasteiger partial charge in [0.25, 0.3) is 0 Å². The molecule has 0 fully saturated rings. The number of amides is 2. The number of benzene rings is 1. The predicted molar refractivity (Wildman–Crippen MR) is 78.9 cm³/mol. The van der Waals surface area contributed by atoms with E-state index in [9.17, 15) is 9.59 Å². The fourth-order valence-electron chi connectivity index (χ4n) is 1.72. The predicted octanol–water partition coefficient (Wildman–Crippen LogP) is 3.18. The SMILES string of the molecule is CCCCCNC(=O)Nc1ccccc1C(=O)OCC. The minimum atomic E-state index is -0.436. The van der Waals surface area contributed by atoms with Crippen LogP contribution in [0.4, 0.5) is 10.5 Å². The second-order valence-electron chi connectivity index (χ2n) is 4.35. The number of urea groups is 1. The second kappa shape index (κ2) is 8.96. The van der Waals surface area contributed by atoms with Crippen LogP contribution in [0.25, 0.3) is 0 Å². The number of carbonyl (C=O) groups excluding carboxylic acids is 2. The Morgan fingerprint density at radius 2 is 1.90 bits per heavy atom. The highest BCUT2D eigenvalue weighted by Gasteiger charge is 2.13. The van der Waals surface area contributed by atoms with Crippen LogP contribution < -0.4 is 10.6 Å². The summed E-state index contributed by atoms with van der Waals surface area (Å²) in [5.41, 5.74) is 0.817. The van der Waals surface area contributed by atoms with Crippen molar-refractivity contribution in [1.82, 2.24) is 5.32 Å². The second-order valence-corrected chi connectivity index (χ2v) is 4.35. The van der Waals surface area contributed by atoms with Crippen molar-refractivity contribution in [3.05, 3.63) is 29.8 Å². The van der Waals surface area contributed by atoms with Gasteiger partial charge in [0, 0.05) is 6.54 Å². The number of para-hydroxylation sites is 1. The Bertz CT molecular complexity index is 446. The molecule has 0 bridgehead atoms. The molecule has 5 heteroatoms. The lowest BCUT2D eigenvalue weighted by atomic mass is 10.2. The topological polar surface area (TPSA) is 67.4 Å². The van der Waals surface area contributed by atoms with E-state index in [-0.39, 0.29) is 6.03 Å². The molecular formula is C15H22N2O3. The molecule has 0 unspecified atom stereocenters. The molecule has 0 heterocycles. The molecule has 0 aliphatic rings. The molecule has 5 nitrogen and oxygen atoms in total. The molecule has 0 atom stereocenters. The van der Waals surface area contributed by atoms with E-state index in [0.29, 0.717) is 24.4 Å². The van der Waals surface area contributed by atoms with Crippen LogP contribution in [0.3, 0.4) is 0 Å². The van der Waals surface area contributed by atoms with E-state index in [1.807, 2.05) is 0 Å². The Morgan fingerprint density at radius 1 is 1.15 bits per heavy atom. The first-order chi connectivity index (χ1) is 9.69. The highest BCUT2D eigenvalue weighted by Crippen LogP contribution is 2.16. The van der Waals surface area contributed by atoms with Gasteiger partial charge < -0.3 is 15.4 Å². The first-order valence-electron chi connectivity index (χ1n) is 7.00. The van der Waals surface area contributed by atoms with Crippen LogP contribution in [0.5, 0.6) is 0 Å². The van der Waals surface area contributed by atoms with Gasteiger partial charge in [-0.25, -0.2) is 9.59 Å². The number of rotatable bonds is 7. The Labute approximate surface area is 119 Å². The first-order valence-corrected chi connectivity index (χ1v) is 7.00. The molecule has 2 N–H and O–H groups in total. The summed E-state index contributed by atoms with van der Waals surface area (Å²) in [4.78, 5) is 23.5. The van der Waals surface area contributed by atoms with E-state index in [2.05, 4.69) is 17.6 Å². The molecule has 0 spiro atoms. The normalized spacial score (nSPS) is 9.90. The minimum Gasteiger partial charge on any atom is -0.462 e. The zero-order valence-corrected chi connectivity index (χ0v) is 12.1. The number of anilines is 1. The zero-order chi connectivity index (χ0) is 14.8. The van der Waals surface area contributed by atoms with E-state index in [4.69, 9.17) is 4.74 Å². The van der Waals surface area contributed by atoms with Crippen LogP contribution in [0.2, 0.25) is 0 Å². The Morgan fingerprint density at radius 3 is 2.60 bits per heavy atom. The van der Waals surface area contributed by atoms with Gasteiger partial charge in [0.05, 0.1) is 17.9 Å². The fraction of sp³-hybridized carbons (Fsp3) is 0.467. The van der Waals surface area contributed by atoms with Crippen molar-refractivity contribution >= 4 is 17.7 Å². The first kappa shape index (κ1) is 16.0. The highest BCUT2D eigenvalue weighted by atomic mass is 16.5. The van der Waals surface area contributed by atoms with Crippen LogP contribution in [0, 0.1) is 0 Å². The van der Waals surface area contributed by atoms with Gasteiger partial charge in [-0.2, -0.15) is 0 Å². The van der Waals surface area contributed by atoms with Gasteiger partial charge >= 0.3 is 12.0 Å². The molecule has 0 aliphatic carbocycles. The molecule has 1 rings (SSSR count). The fourth-order valence-corrected chi connectivity index (χ4v) is 1.72. The third-order valence-electron chi connectivity index (χ3n) is 2.74. The van der Waals surface area contributed by atoms with Crippen LogP contribution in [0.15, 0.2) is 24.3 Å². The number of ether oxygens (including phenoxy) is 1. The maximum atomic E-state index is 11.8. The number of nitrogens with one attached hydrogen (secondary N) is 2. The van der Waals surface area contributed by atoms with Gasteiger partial charge in [-0.1, -0.05) is 31.9 Å². The van der Waals surface area contributed by atoms with Crippen molar-refractivity contribution in [3.8, 4) is 0 Å². The molecule has 0 aromatic heterocycles. The summed E-state index contributed by atoms with van der Waals surface area (Å²) in [5, 5.41) is 5.44. The molecule has 1 aromatic rings. The van der Waals surface area contributed by atoms with Gasteiger partial charge in [-0.05, 0) is 25.5 Å². The zero-order valence-electron chi connectivity index (χ0n) is 12.1. The number of hydrogen-bond donors (Lipinski definition) is 2. The third-order valence-corrected chi connectivity index (χ3v) is 2.74. The third kappa shape index (κ3) is 5.30. The molecule has 1 aromatic carbocycles. The monoisotopic (exact) mass is 278 g/mol. The standard InChI is InChI=1S/C15H22N2O3/c1-3-5-8-11-16-15(19)17-13-10-7-6-9-12(13)14(18)20-4-2/h6-7,9-10H,3-5,8,11H2,1-2H3,(H2,16,17,19). The number of carbonyl (C=O) groups is 2. The average molecular weight is 278 g/mol. The van der Waals surface area contributed by atoms with Crippen molar-refractivity contribution in [2.75, 3.05) is 18.5 Å². The Kier molecular flexibility index (Phi) is 7.17. The van der Waals surface area contributed by atoms with E-state index < -0.39 is 5.97 Å². The minimum absolute atomic E-state index is 0.302. The van der Waals surface area contributed by atoms with E-state index in [1.165, 1.54) is 0 Å². The summed E-state index contributed by atoms with van der Waals surface area (Å²) < 4.78 is 4.95. The summed E-state index contributed by atoms with van der Waals surface area (Å²) >= 11 is 0. The largest absolute Gasteiger partial charge is 0.462 e. The highest BCUT2D eigenvalue weighted by molar-refractivity contribution is 6.00. The van der Waals surface area contributed by atoms with Gasteiger partial charge in [0.1, 0.15) is 0 Å². The van der Waals surface area contributed by atoms with Crippen molar-refractivity contribution < 1.29 is 14.3 Å². The van der Waals surface area contributed by atoms with Crippen molar-refractivity contribution in [2.45, 2.75) is 33.1 Å². The van der Waals surface area contributed by atoms with Crippen LogP contribution in [-0.2, 0) is 4.74 Å². The van der Waals surface area contributed by atoms with Crippen LogP contribution in [0.1, 0.15) is 43.5 Å². The van der Waals surface area contributed by atoms with Gasteiger partial charge in [0.2, 0.25) is 0 Å². The van der Waals surface area contributed by atoms with E-state index in [1.54, 1.807) is 31.2 Å². The molecule has 2 amide bonds. The van der Waals surface area contributed by atoms with Crippen LogP contribution in [-0.4, -0.2) is 25.2 Å². The quantitative estimate of drug-likeness (QED) is 0.594. The van der Waals surface area contributed by atoms with Gasteiger partial charge in [-0.15, -0.1) is 0 Å². The van der Waals surface area contributed by atoms with Crippen molar-refractivity contribution in [2.24, 2.45) is 0 Å². The number of unbranched alkanes of at least 4 members (excludes halogenated alkanes) is 2. The Balaban J connectivity index is 2.58. The van der Waals surface area contributed by atoms with Crippen molar-refractivity contribution in [1.29, 1.82) is 0 Å². The number of hydrogen-bond acceptors (Lipinski definition) is 3. The van der Waals surface area contributed by atoms with Crippen molar-refractivity contribution in [3.63, 3.8) is 0 Å². The number of esters is 1. The van der Waals surface area contributed by atoms with E-state index in [0.717, 1.165) is 19.3 Å². The maximum Gasteiger partial charge on any atom is 0.340 e. The van der Waals surface area contributed by atoms with Crippen LogP contribution >= 0.6 is 0 Å². The summed E-state index contributed by atoms with van der Waals surface area (Å²) in [6, 6.07) is 6.49. The smallest absolute Gasteiger partial charge is 0.340 e. The van der Waals surface area contributed by atoms with E-state index >= 15 is 0 Å². The lowest BCUT2D eigenvalue weighted by Crippen LogP contribution is -2.30. The summed E-state index contributed by atoms with van der Waals surface area (Å²) in [7, 11) is 0. The molecule has 110 valence electrons. The molecule has 0 saturated heterocycles. The average Bonchev–Trinajstić information content (AvgIpc) is 2.44. The molecule has 20 heavy (non-hydrogen) atoms. The molecular weight excluding hydrogens is 256 g/mol. The summed E-state index contributed by atoms with van der Waals surface area (Å²) in [6.07, 6.45) is 3.14. The summed E-state index contributed by atoms with van der Waals surface area (Å²) in [5.74, 6) is -0.436. The Hall–Kier alpha value is -2.04. The summed E-state index contributed by atoms with van der Waals surface area (Å²) in [6.45, 7) is 4.78.